The third kappa shape index (κ3) is 4.56. The summed E-state index contributed by atoms with van der Waals surface area (Å²) in [6.45, 7) is 3.15. The Hall–Kier alpha value is -1.91. The fraction of sp³-hybridized carbons (Fsp3) is 0.632. The predicted molar refractivity (Wildman–Crippen MR) is 93.6 cm³/mol. The largest absolute Gasteiger partial charge is 0.486 e. The number of urea groups is 1. The highest BCUT2D eigenvalue weighted by Gasteiger charge is 2.18. The van der Waals surface area contributed by atoms with Gasteiger partial charge in [-0.05, 0) is 37.5 Å². The monoisotopic (exact) mass is 332 g/mol. The summed E-state index contributed by atoms with van der Waals surface area (Å²) in [6, 6.07) is 5.99. The van der Waals surface area contributed by atoms with Gasteiger partial charge in [0.15, 0.2) is 11.5 Å². The molecule has 1 aromatic rings. The highest BCUT2D eigenvalue weighted by atomic mass is 16.6. The summed E-state index contributed by atoms with van der Waals surface area (Å²) >= 11 is 0. The number of carbonyl (C=O) groups excluding carboxylic acids is 1. The summed E-state index contributed by atoms with van der Waals surface area (Å²) < 4.78 is 11.2. The molecule has 2 N–H and O–H groups in total. The summed E-state index contributed by atoms with van der Waals surface area (Å²) in [4.78, 5) is 12.3. The minimum atomic E-state index is -0.0806. The van der Waals surface area contributed by atoms with E-state index in [0.717, 1.165) is 29.9 Å². The molecule has 24 heavy (non-hydrogen) atoms. The molecular weight excluding hydrogens is 304 g/mol. The Bertz CT molecular complexity index is 554. The molecule has 2 amide bonds. The lowest BCUT2D eigenvalue weighted by molar-refractivity contribution is 0.171. The fourth-order valence-electron chi connectivity index (χ4n) is 3.44. The molecule has 0 radical (unpaired) electrons. The van der Waals surface area contributed by atoms with Crippen LogP contribution in [0.2, 0.25) is 0 Å². The van der Waals surface area contributed by atoms with E-state index in [9.17, 15) is 4.79 Å². The van der Waals surface area contributed by atoms with Crippen molar-refractivity contribution in [2.75, 3.05) is 13.2 Å². The zero-order valence-corrected chi connectivity index (χ0v) is 14.5. The first kappa shape index (κ1) is 16.9. The van der Waals surface area contributed by atoms with Gasteiger partial charge in [0, 0.05) is 6.04 Å². The first-order chi connectivity index (χ1) is 11.7. The molecule has 1 fully saturated rings. The number of nitrogens with one attached hydrogen (secondary N) is 2. The lowest BCUT2D eigenvalue weighted by Gasteiger charge is -2.24. The molecule has 5 nitrogen and oxygen atoms in total. The smallest absolute Gasteiger partial charge is 0.315 e. The molecule has 5 heteroatoms. The van der Waals surface area contributed by atoms with Crippen LogP contribution in [-0.2, 0) is 0 Å². The number of amides is 2. The van der Waals surface area contributed by atoms with Gasteiger partial charge in [0.25, 0.3) is 0 Å². The van der Waals surface area contributed by atoms with Crippen molar-refractivity contribution < 1.29 is 14.3 Å². The van der Waals surface area contributed by atoms with Gasteiger partial charge in [-0.3, -0.25) is 0 Å². The summed E-state index contributed by atoms with van der Waals surface area (Å²) in [5.74, 6) is 1.53. The Kier molecular flexibility index (Phi) is 5.83. The second kappa shape index (κ2) is 8.27. The number of ether oxygens (including phenoxy) is 2. The lowest BCUT2D eigenvalue weighted by Crippen LogP contribution is -2.43. The number of carbonyl (C=O) groups is 1. The molecule has 1 aromatic carbocycles. The second-order valence-corrected chi connectivity index (χ2v) is 6.78. The Morgan fingerprint density at radius 1 is 1.04 bits per heavy atom. The molecule has 0 spiro atoms. The third-order valence-corrected chi connectivity index (χ3v) is 4.85. The SMILES string of the molecule is CC(NC(=O)NC1CCCCCCC1)c1ccc2c(c1)OCCO2. The van der Waals surface area contributed by atoms with E-state index in [-0.39, 0.29) is 12.1 Å². The van der Waals surface area contributed by atoms with Crippen molar-refractivity contribution in [1.82, 2.24) is 10.6 Å². The quantitative estimate of drug-likeness (QED) is 0.881. The Morgan fingerprint density at radius 3 is 2.46 bits per heavy atom. The van der Waals surface area contributed by atoms with Crippen LogP contribution >= 0.6 is 0 Å². The zero-order chi connectivity index (χ0) is 16.8. The van der Waals surface area contributed by atoms with Crippen molar-refractivity contribution in [1.29, 1.82) is 0 Å². The topological polar surface area (TPSA) is 59.6 Å². The fourth-order valence-corrected chi connectivity index (χ4v) is 3.44. The van der Waals surface area contributed by atoms with Crippen LogP contribution in [0.1, 0.15) is 63.5 Å². The minimum Gasteiger partial charge on any atom is -0.486 e. The number of rotatable bonds is 3. The van der Waals surface area contributed by atoms with Crippen LogP contribution in [0, 0.1) is 0 Å². The van der Waals surface area contributed by atoms with Gasteiger partial charge in [-0.15, -0.1) is 0 Å². The summed E-state index contributed by atoms with van der Waals surface area (Å²) in [5.41, 5.74) is 1.02. The van der Waals surface area contributed by atoms with Crippen LogP contribution < -0.4 is 20.1 Å². The minimum absolute atomic E-state index is 0.0746. The van der Waals surface area contributed by atoms with Gasteiger partial charge in [0.1, 0.15) is 13.2 Å². The average molecular weight is 332 g/mol. The summed E-state index contributed by atoms with van der Waals surface area (Å²) in [6.07, 6.45) is 8.50. The lowest BCUT2D eigenvalue weighted by atomic mass is 9.97. The summed E-state index contributed by atoms with van der Waals surface area (Å²) in [5, 5.41) is 6.18. The maximum Gasteiger partial charge on any atom is 0.315 e. The first-order valence-corrected chi connectivity index (χ1v) is 9.19. The van der Waals surface area contributed by atoms with E-state index in [1.807, 2.05) is 25.1 Å². The van der Waals surface area contributed by atoms with Crippen molar-refractivity contribution in [2.24, 2.45) is 0 Å². The molecule has 132 valence electrons. The Labute approximate surface area is 144 Å². The predicted octanol–water partition coefficient (Wildman–Crippen LogP) is 3.93. The summed E-state index contributed by atoms with van der Waals surface area (Å²) in [7, 11) is 0. The van der Waals surface area contributed by atoms with Crippen LogP contribution in [0.25, 0.3) is 0 Å². The van der Waals surface area contributed by atoms with Crippen molar-refractivity contribution in [3.63, 3.8) is 0 Å². The molecule has 3 rings (SSSR count). The number of hydrogen-bond acceptors (Lipinski definition) is 3. The second-order valence-electron chi connectivity index (χ2n) is 6.78. The standard InChI is InChI=1S/C19H28N2O3/c1-14(15-9-10-17-18(13-15)24-12-11-23-17)20-19(22)21-16-7-5-3-2-4-6-8-16/h9-10,13-14,16H,2-8,11-12H2,1H3,(H2,20,21,22). The molecule has 0 saturated heterocycles. The van der Waals surface area contributed by atoms with Gasteiger partial charge in [-0.2, -0.15) is 0 Å². The molecule has 0 bridgehead atoms. The zero-order valence-electron chi connectivity index (χ0n) is 14.5. The number of fused-ring (bicyclic) bond motifs is 1. The highest BCUT2D eigenvalue weighted by Crippen LogP contribution is 2.32. The van der Waals surface area contributed by atoms with E-state index in [0.29, 0.717) is 19.3 Å². The van der Waals surface area contributed by atoms with Crippen molar-refractivity contribution in [3.05, 3.63) is 23.8 Å². The normalized spacial score (nSPS) is 19.7. The van der Waals surface area contributed by atoms with Crippen molar-refractivity contribution in [3.8, 4) is 11.5 Å². The van der Waals surface area contributed by atoms with E-state index < -0.39 is 0 Å². The van der Waals surface area contributed by atoms with Crippen LogP contribution in [-0.4, -0.2) is 25.3 Å². The van der Waals surface area contributed by atoms with E-state index in [1.54, 1.807) is 0 Å². The first-order valence-electron chi connectivity index (χ1n) is 9.19. The van der Waals surface area contributed by atoms with Gasteiger partial charge < -0.3 is 20.1 Å². The Morgan fingerprint density at radius 2 is 1.71 bits per heavy atom. The molecule has 1 heterocycles. The van der Waals surface area contributed by atoms with Crippen LogP contribution in [0.3, 0.4) is 0 Å². The van der Waals surface area contributed by atoms with E-state index >= 15 is 0 Å². The third-order valence-electron chi connectivity index (χ3n) is 4.85. The molecule has 1 saturated carbocycles. The van der Waals surface area contributed by atoms with Crippen LogP contribution in [0.15, 0.2) is 18.2 Å². The molecule has 1 aliphatic heterocycles. The highest BCUT2D eigenvalue weighted by molar-refractivity contribution is 5.74. The van der Waals surface area contributed by atoms with Gasteiger partial charge >= 0.3 is 6.03 Å². The molecule has 1 aliphatic carbocycles. The van der Waals surface area contributed by atoms with E-state index in [1.165, 1.54) is 32.1 Å². The molecule has 1 atom stereocenters. The van der Waals surface area contributed by atoms with Gasteiger partial charge in [0.2, 0.25) is 0 Å². The maximum absolute atomic E-state index is 12.3. The van der Waals surface area contributed by atoms with Crippen LogP contribution in [0.5, 0.6) is 11.5 Å². The molecular formula is C19H28N2O3. The van der Waals surface area contributed by atoms with Crippen LogP contribution in [0.4, 0.5) is 4.79 Å². The molecule has 1 unspecified atom stereocenters. The van der Waals surface area contributed by atoms with Gasteiger partial charge in [0.05, 0.1) is 6.04 Å². The molecule has 0 aromatic heterocycles. The van der Waals surface area contributed by atoms with Gasteiger partial charge in [-0.1, -0.05) is 38.2 Å². The molecule has 2 aliphatic rings. The average Bonchev–Trinajstić information content (AvgIpc) is 2.56. The Balaban J connectivity index is 1.53. The van der Waals surface area contributed by atoms with Crippen molar-refractivity contribution >= 4 is 6.03 Å². The van der Waals surface area contributed by atoms with E-state index in [2.05, 4.69) is 10.6 Å². The van der Waals surface area contributed by atoms with Crippen molar-refractivity contribution in [2.45, 2.75) is 64.0 Å². The number of benzene rings is 1. The van der Waals surface area contributed by atoms with E-state index in [4.69, 9.17) is 9.47 Å². The maximum atomic E-state index is 12.3. The van der Waals surface area contributed by atoms with Gasteiger partial charge in [-0.25, -0.2) is 4.79 Å². The number of hydrogen-bond donors (Lipinski definition) is 2.